The van der Waals surface area contributed by atoms with Gasteiger partial charge in [-0.1, -0.05) is 48.0 Å². The predicted molar refractivity (Wildman–Crippen MR) is 136 cm³/mol. The number of benzene rings is 3. The van der Waals surface area contributed by atoms with Gasteiger partial charge in [-0.05, 0) is 42.3 Å². The summed E-state index contributed by atoms with van der Waals surface area (Å²) >= 11 is 6.54. The van der Waals surface area contributed by atoms with Gasteiger partial charge in [0.05, 0.1) is 24.2 Å². The molecule has 0 saturated heterocycles. The second-order valence-electron chi connectivity index (χ2n) is 8.22. The van der Waals surface area contributed by atoms with Gasteiger partial charge in [-0.3, -0.25) is 9.89 Å². The molecular weight excluding hydrogens is 483 g/mol. The lowest BCUT2D eigenvalue weighted by molar-refractivity contribution is 0.0930. The number of rotatable bonds is 7. The maximum Gasteiger partial charge on any atom is 0.254 e. The van der Waals surface area contributed by atoms with E-state index < -0.39 is 17.8 Å². The summed E-state index contributed by atoms with van der Waals surface area (Å²) in [6.07, 6.45) is 0.400. The van der Waals surface area contributed by atoms with Crippen LogP contribution < -0.4 is 15.8 Å². The molecule has 0 fully saturated rings. The number of carbonyl (C=O) groups is 1. The van der Waals surface area contributed by atoms with E-state index in [0.717, 1.165) is 22.0 Å². The van der Waals surface area contributed by atoms with E-state index in [4.69, 9.17) is 27.1 Å². The van der Waals surface area contributed by atoms with E-state index in [1.807, 2.05) is 48.5 Å². The first-order valence-electron chi connectivity index (χ1n) is 11.1. The molecule has 5 rings (SSSR count). The summed E-state index contributed by atoms with van der Waals surface area (Å²) < 4.78 is 19.6. The van der Waals surface area contributed by atoms with Crippen LogP contribution in [0.15, 0.2) is 66.7 Å². The van der Waals surface area contributed by atoms with Gasteiger partial charge in [0, 0.05) is 10.9 Å². The molecule has 1 amide bonds. The van der Waals surface area contributed by atoms with Crippen molar-refractivity contribution in [1.29, 1.82) is 0 Å². The van der Waals surface area contributed by atoms with Crippen molar-refractivity contribution in [2.75, 3.05) is 12.8 Å². The van der Waals surface area contributed by atoms with Gasteiger partial charge in [-0.15, -0.1) is 0 Å². The summed E-state index contributed by atoms with van der Waals surface area (Å²) in [7, 11) is 1.45. The van der Waals surface area contributed by atoms with Crippen molar-refractivity contribution in [3.05, 3.63) is 94.7 Å². The molecule has 10 heteroatoms. The fourth-order valence-corrected chi connectivity index (χ4v) is 4.27. The van der Waals surface area contributed by atoms with Gasteiger partial charge in [0.2, 0.25) is 0 Å². The van der Waals surface area contributed by atoms with Gasteiger partial charge < -0.3 is 20.8 Å². The molecule has 3 aromatic carbocycles. The Morgan fingerprint density at radius 1 is 1.17 bits per heavy atom. The molecule has 1 atom stereocenters. The average molecular weight is 505 g/mol. The maximum atomic E-state index is 14.5. The number of aromatic nitrogens is 4. The highest BCUT2D eigenvalue weighted by molar-refractivity contribution is 6.32. The Labute approximate surface area is 210 Å². The highest BCUT2D eigenvalue weighted by atomic mass is 35.5. The van der Waals surface area contributed by atoms with E-state index in [9.17, 15) is 9.18 Å². The van der Waals surface area contributed by atoms with Crippen molar-refractivity contribution in [2.24, 2.45) is 0 Å². The second kappa shape index (κ2) is 9.71. The van der Waals surface area contributed by atoms with Crippen LogP contribution in [-0.2, 0) is 6.42 Å². The fraction of sp³-hybridized carbons (Fsp3) is 0.115. The van der Waals surface area contributed by atoms with E-state index in [0.29, 0.717) is 34.7 Å². The number of methoxy groups -OCH3 is 1. The second-order valence-corrected chi connectivity index (χ2v) is 8.59. The van der Waals surface area contributed by atoms with Crippen LogP contribution in [0.5, 0.6) is 5.75 Å². The first-order valence-corrected chi connectivity index (χ1v) is 11.5. The first kappa shape index (κ1) is 23.4. The molecular formula is C26H22ClFN6O2. The number of nitrogen functional groups attached to an aromatic ring is 1. The zero-order valence-electron chi connectivity index (χ0n) is 19.2. The number of anilines is 1. The number of hydrogen-bond acceptors (Lipinski definition) is 5. The zero-order chi connectivity index (χ0) is 25.2. The zero-order valence-corrected chi connectivity index (χ0v) is 19.9. The minimum Gasteiger partial charge on any atom is -0.497 e. The number of amides is 1. The van der Waals surface area contributed by atoms with Crippen LogP contribution in [0, 0.1) is 5.82 Å². The molecule has 5 aromatic rings. The molecule has 0 spiro atoms. The Balaban J connectivity index is 1.50. The van der Waals surface area contributed by atoms with Crippen molar-refractivity contribution in [3.63, 3.8) is 0 Å². The Hall–Kier alpha value is -4.37. The lowest BCUT2D eigenvalue weighted by Crippen LogP contribution is -2.31. The number of H-pyrrole nitrogens is 2. The van der Waals surface area contributed by atoms with Gasteiger partial charge in [0.1, 0.15) is 28.2 Å². The Bertz CT molecular complexity index is 1550. The molecule has 2 aromatic heterocycles. The third-order valence-electron chi connectivity index (χ3n) is 5.88. The average Bonchev–Trinajstić information content (AvgIpc) is 3.46. The van der Waals surface area contributed by atoms with Crippen LogP contribution in [0.2, 0.25) is 5.15 Å². The molecule has 0 aliphatic rings. The molecule has 0 aliphatic heterocycles. The van der Waals surface area contributed by atoms with Crippen LogP contribution in [0.4, 0.5) is 10.2 Å². The summed E-state index contributed by atoms with van der Waals surface area (Å²) in [4.78, 5) is 20.9. The molecule has 0 saturated carbocycles. The monoisotopic (exact) mass is 504 g/mol. The summed E-state index contributed by atoms with van der Waals surface area (Å²) in [5.41, 5.74) is 8.68. The third kappa shape index (κ3) is 4.60. The number of carbonyl (C=O) groups excluding carboxylic acids is 1. The smallest absolute Gasteiger partial charge is 0.254 e. The summed E-state index contributed by atoms with van der Waals surface area (Å²) in [6.45, 7) is 0. The predicted octanol–water partition coefficient (Wildman–Crippen LogP) is 5.05. The van der Waals surface area contributed by atoms with Crippen molar-refractivity contribution in [2.45, 2.75) is 12.5 Å². The maximum absolute atomic E-state index is 14.5. The van der Waals surface area contributed by atoms with Crippen LogP contribution in [0.3, 0.4) is 0 Å². The van der Waals surface area contributed by atoms with Crippen molar-refractivity contribution < 1.29 is 13.9 Å². The van der Waals surface area contributed by atoms with Crippen LogP contribution in [-0.4, -0.2) is 33.2 Å². The minimum absolute atomic E-state index is 0.132. The summed E-state index contributed by atoms with van der Waals surface area (Å²) in [6, 6.07) is 18.5. The number of nitrogens with two attached hydrogens (primary N) is 1. The normalized spacial score (nSPS) is 12.0. The largest absolute Gasteiger partial charge is 0.497 e. The van der Waals surface area contributed by atoms with E-state index in [1.54, 1.807) is 0 Å². The standard InChI is InChI=1S/C26H22ClFN6O2/c1-36-16-8-10-19(28)18(13-16)26(35)30-21(11-14-5-3-2-4-6-14)25-31-22(23(27)32-25)15-7-9-17-20(12-15)33-34-24(17)29/h2-10,12-13,21H,11H2,1H3,(H,30,35)(H,31,32)(H3,29,33,34)/t21-/m0/s1. The van der Waals surface area contributed by atoms with E-state index in [1.165, 1.54) is 25.3 Å². The Morgan fingerprint density at radius 2 is 1.97 bits per heavy atom. The lowest BCUT2D eigenvalue weighted by Gasteiger charge is -2.17. The fourth-order valence-electron chi connectivity index (χ4n) is 4.02. The summed E-state index contributed by atoms with van der Waals surface area (Å²) in [5.74, 6) is -0.0485. The van der Waals surface area contributed by atoms with E-state index in [2.05, 4.69) is 20.5 Å². The number of ether oxygens (including phenoxy) is 1. The number of imidazole rings is 1. The number of nitrogens with one attached hydrogen (secondary N) is 3. The van der Waals surface area contributed by atoms with Crippen molar-refractivity contribution in [1.82, 2.24) is 25.5 Å². The molecule has 5 N–H and O–H groups in total. The minimum atomic E-state index is -0.655. The number of hydrogen-bond donors (Lipinski definition) is 4. The topological polar surface area (TPSA) is 122 Å². The molecule has 8 nitrogen and oxygen atoms in total. The molecule has 0 radical (unpaired) electrons. The number of fused-ring (bicyclic) bond motifs is 1. The molecule has 0 unspecified atom stereocenters. The molecule has 0 aliphatic carbocycles. The van der Waals surface area contributed by atoms with E-state index in [-0.39, 0.29) is 5.56 Å². The van der Waals surface area contributed by atoms with Gasteiger partial charge in [0.15, 0.2) is 5.82 Å². The highest BCUT2D eigenvalue weighted by Gasteiger charge is 2.24. The van der Waals surface area contributed by atoms with Crippen molar-refractivity contribution in [3.8, 4) is 17.0 Å². The van der Waals surface area contributed by atoms with Crippen LogP contribution >= 0.6 is 11.6 Å². The first-order chi connectivity index (χ1) is 17.4. The van der Waals surface area contributed by atoms with Gasteiger partial charge in [0.25, 0.3) is 5.91 Å². The number of nitrogens with zero attached hydrogens (tertiary/aromatic N) is 2. The number of aromatic amines is 2. The van der Waals surface area contributed by atoms with Gasteiger partial charge in [-0.25, -0.2) is 9.37 Å². The number of halogens is 2. The summed E-state index contributed by atoms with van der Waals surface area (Å²) in [5, 5.41) is 10.9. The molecule has 182 valence electrons. The Morgan fingerprint density at radius 3 is 2.75 bits per heavy atom. The van der Waals surface area contributed by atoms with Crippen LogP contribution in [0.1, 0.15) is 27.8 Å². The quantitative estimate of drug-likeness (QED) is 0.247. The molecule has 0 bridgehead atoms. The SMILES string of the molecule is COc1ccc(F)c(C(=O)N[C@@H](Cc2ccccc2)c2nc(-c3ccc4c(N)n[nH]c4c3)c(Cl)[nH]2)c1. The molecule has 2 heterocycles. The van der Waals surface area contributed by atoms with Gasteiger partial charge >= 0.3 is 0 Å². The van der Waals surface area contributed by atoms with Crippen molar-refractivity contribution >= 4 is 34.2 Å². The van der Waals surface area contributed by atoms with E-state index >= 15 is 0 Å². The lowest BCUT2D eigenvalue weighted by atomic mass is 10.0. The molecule has 36 heavy (non-hydrogen) atoms. The van der Waals surface area contributed by atoms with Crippen LogP contribution in [0.25, 0.3) is 22.2 Å². The van der Waals surface area contributed by atoms with Gasteiger partial charge in [-0.2, -0.15) is 5.10 Å². The third-order valence-corrected chi connectivity index (χ3v) is 6.15. The highest BCUT2D eigenvalue weighted by Crippen LogP contribution is 2.31. The Kier molecular flexibility index (Phi) is 6.30.